The number of aromatic nitrogens is 1. The van der Waals surface area contributed by atoms with Gasteiger partial charge in [-0.1, -0.05) is 6.07 Å². The topological polar surface area (TPSA) is 185 Å². The predicted molar refractivity (Wildman–Crippen MR) is 211 cm³/mol. The molecule has 8 atom stereocenters. The Bertz CT molecular complexity index is 2440. The van der Waals surface area contributed by atoms with E-state index in [-0.39, 0.29) is 44.5 Å². The number of thioether (sulfide) groups is 1. The summed E-state index contributed by atoms with van der Waals surface area (Å²) < 4.78 is 36.3. The Kier molecular flexibility index (Phi) is 8.51. The van der Waals surface area contributed by atoms with Crippen molar-refractivity contribution >= 4 is 34.6 Å². The summed E-state index contributed by atoms with van der Waals surface area (Å²) >= 11 is 1.46. The van der Waals surface area contributed by atoms with Crippen LogP contribution in [0.2, 0.25) is 0 Å². The molecule has 0 aliphatic carbocycles. The van der Waals surface area contributed by atoms with Gasteiger partial charge in [-0.15, -0.1) is 11.8 Å². The Morgan fingerprint density at radius 2 is 1.86 bits per heavy atom. The van der Waals surface area contributed by atoms with Gasteiger partial charge in [0, 0.05) is 70.9 Å². The van der Waals surface area contributed by atoms with Crippen molar-refractivity contribution in [3.63, 3.8) is 0 Å². The van der Waals surface area contributed by atoms with Crippen LogP contribution in [0.5, 0.6) is 34.5 Å². The van der Waals surface area contributed by atoms with Crippen LogP contribution in [0, 0.1) is 13.8 Å². The number of aromatic hydroxyl groups is 1. The van der Waals surface area contributed by atoms with Crippen molar-refractivity contribution in [2.24, 2.45) is 0 Å². The number of phenols is 1. The number of likely N-dealkylation sites (N-methyl/N-ethyl adjacent to an activating group) is 1. The van der Waals surface area contributed by atoms with E-state index in [9.17, 15) is 20.1 Å². The minimum atomic E-state index is -1.54. The van der Waals surface area contributed by atoms with Gasteiger partial charge in [-0.25, -0.2) is 4.79 Å². The largest absolute Gasteiger partial charge is 0.504 e. The number of rotatable bonds is 4. The van der Waals surface area contributed by atoms with Crippen LogP contribution in [0.25, 0.3) is 10.9 Å². The van der Waals surface area contributed by atoms with Crippen molar-refractivity contribution in [2.45, 2.75) is 74.3 Å². The van der Waals surface area contributed by atoms with Crippen LogP contribution in [0.4, 0.5) is 0 Å². The number of aryl methyl sites for hydroxylation is 1. The highest BCUT2D eigenvalue weighted by Gasteiger charge is 2.64. The normalized spacial score (nSPS) is 30.6. The Balaban J connectivity index is 1.25. The number of hydrogen-bond acceptors (Lipinski definition) is 15. The number of phenolic OH excluding ortho intramolecular Hbond substituents is 1. The summed E-state index contributed by atoms with van der Waals surface area (Å²) in [6, 6.07) is 5.22. The van der Waals surface area contributed by atoms with Crippen LogP contribution >= 0.6 is 11.8 Å². The first-order valence-corrected chi connectivity index (χ1v) is 20.5. The number of aromatic amines is 1. The highest BCUT2D eigenvalue weighted by Crippen LogP contribution is 2.65. The lowest BCUT2D eigenvalue weighted by Gasteiger charge is -2.60. The van der Waals surface area contributed by atoms with Crippen LogP contribution in [0.15, 0.2) is 24.3 Å². The van der Waals surface area contributed by atoms with Crippen LogP contribution in [-0.2, 0) is 32.7 Å². The molecular formula is C42H46N4O11S. The van der Waals surface area contributed by atoms with E-state index in [2.05, 4.69) is 15.2 Å². The average molecular weight is 815 g/mol. The standard InChI is InChI=1S/C42H46N4O11S/c1-18-9-21-12-41(51)15-45(4)31(28(21)33(49)34(18)53-6)32-38-30-29(37-36(55-17-56-37)19(2)35(30)57-20(3)48)27(46(32)41)14-54-40(50)42(16-58-38)39-25(10-22(13-47)44-42)24-11-23(52-5)7-8-26(24)43-39/h7-9,11,22,27,31-32,38,43-44,47,49,51H,10,12-17H2,1-6H3/t22-,27-,31-,32+,38+,41?,42+/m0/s1. The van der Waals surface area contributed by atoms with Crippen molar-refractivity contribution in [2.75, 3.05) is 53.6 Å². The molecule has 4 bridgehead atoms. The lowest BCUT2D eigenvalue weighted by Crippen LogP contribution is -2.70. The zero-order valence-corrected chi connectivity index (χ0v) is 33.9. The molecule has 1 spiro atoms. The third-order valence-corrected chi connectivity index (χ3v) is 14.6. The molecule has 8 aliphatic heterocycles. The van der Waals surface area contributed by atoms with Crippen LogP contribution < -0.4 is 29.0 Å². The van der Waals surface area contributed by atoms with Gasteiger partial charge in [0.05, 0.1) is 43.9 Å². The number of nitrogens with one attached hydrogen (secondary N) is 2. The summed E-state index contributed by atoms with van der Waals surface area (Å²) in [5.74, 6) is 1.22. The quantitative estimate of drug-likeness (QED) is 0.149. The number of nitrogens with zero attached hydrogens (tertiary/aromatic N) is 2. The minimum absolute atomic E-state index is 0.00139. The fraction of sp³-hybridized carbons (Fsp3) is 0.476. The van der Waals surface area contributed by atoms with Gasteiger partial charge in [-0.2, -0.15) is 0 Å². The molecule has 8 aliphatic rings. The molecule has 4 aromatic rings. The number of benzene rings is 3. The molecule has 1 aromatic heterocycles. The molecule has 3 aromatic carbocycles. The lowest BCUT2D eigenvalue weighted by molar-refractivity contribution is -0.215. The first-order valence-electron chi connectivity index (χ1n) is 19.4. The van der Waals surface area contributed by atoms with E-state index >= 15 is 4.79 Å². The molecule has 0 saturated carbocycles. The molecule has 2 unspecified atom stereocenters. The first kappa shape index (κ1) is 37.6. The second-order valence-corrected chi connectivity index (χ2v) is 17.5. The summed E-state index contributed by atoms with van der Waals surface area (Å²) in [4.78, 5) is 35.8. The number of esters is 2. The Hall–Kier alpha value is -4.71. The van der Waals surface area contributed by atoms with Crippen molar-refractivity contribution in [3.05, 3.63) is 68.9 Å². The number of carbonyl (C=O) groups excluding carboxylic acids is 2. The number of aliphatic hydroxyl groups is 2. The SMILES string of the molecule is COc1ccc2[nH]c3c(c2c1)C[C@@H](CO)N[C@]31CS[C@@H]2c3c(OC(C)=O)c(C)c4c(c3[C@H](COC1=O)N1[C@@H]2[C@@H]2c3c(cc(C)c(OC)c3O)CC1(O)CN2C)OCO4. The summed E-state index contributed by atoms with van der Waals surface area (Å²) in [5.41, 5.74) is 3.31. The molecule has 2 saturated heterocycles. The van der Waals surface area contributed by atoms with Gasteiger partial charge in [-0.05, 0) is 62.2 Å². The zero-order chi connectivity index (χ0) is 40.6. The van der Waals surface area contributed by atoms with E-state index in [1.807, 2.05) is 50.1 Å². The number of piperazine rings is 1. The van der Waals surface area contributed by atoms with E-state index < -0.39 is 52.6 Å². The van der Waals surface area contributed by atoms with Crippen molar-refractivity contribution in [3.8, 4) is 34.5 Å². The lowest BCUT2D eigenvalue weighted by atomic mass is 9.78. The van der Waals surface area contributed by atoms with Crippen molar-refractivity contribution in [1.29, 1.82) is 0 Å². The molecule has 12 rings (SSSR count). The molecular weight excluding hydrogens is 769 g/mol. The number of hydrogen-bond donors (Lipinski definition) is 5. The summed E-state index contributed by atoms with van der Waals surface area (Å²) in [6.45, 7) is 4.72. The zero-order valence-electron chi connectivity index (χ0n) is 33.1. The molecule has 9 heterocycles. The fourth-order valence-corrected chi connectivity index (χ4v) is 12.6. The Labute approximate surface area is 338 Å². The van der Waals surface area contributed by atoms with Gasteiger partial charge < -0.3 is 48.7 Å². The summed E-state index contributed by atoms with van der Waals surface area (Å²) in [6.07, 6.45) is 0.601. The molecule has 16 heteroatoms. The Morgan fingerprint density at radius 1 is 1.07 bits per heavy atom. The maximum Gasteiger partial charge on any atom is 0.333 e. The number of methoxy groups -OCH3 is 2. The van der Waals surface area contributed by atoms with Crippen LogP contribution in [-0.4, -0.2) is 113 Å². The monoisotopic (exact) mass is 814 g/mol. The molecule has 0 radical (unpaired) electrons. The number of ether oxygens (including phenoxy) is 6. The second kappa shape index (κ2) is 13.1. The van der Waals surface area contributed by atoms with E-state index in [1.165, 1.54) is 25.8 Å². The van der Waals surface area contributed by atoms with Gasteiger partial charge in [0.25, 0.3) is 0 Å². The molecule has 0 amide bonds. The highest BCUT2D eigenvalue weighted by molar-refractivity contribution is 7.99. The number of aliphatic hydroxyl groups excluding tert-OH is 1. The third kappa shape index (κ3) is 5.05. The second-order valence-electron chi connectivity index (χ2n) is 16.4. The van der Waals surface area contributed by atoms with Crippen molar-refractivity contribution < 1.29 is 53.3 Å². The molecule has 306 valence electrons. The van der Waals surface area contributed by atoms with E-state index in [0.29, 0.717) is 63.1 Å². The van der Waals surface area contributed by atoms with E-state index in [1.54, 1.807) is 7.11 Å². The minimum Gasteiger partial charge on any atom is -0.504 e. The van der Waals surface area contributed by atoms with Gasteiger partial charge in [0.1, 0.15) is 23.8 Å². The number of H-pyrrole nitrogens is 1. The average Bonchev–Trinajstić information content (AvgIpc) is 3.78. The molecule has 15 nitrogen and oxygen atoms in total. The number of carbonyl (C=O) groups is 2. The van der Waals surface area contributed by atoms with Gasteiger partial charge in [0.15, 0.2) is 28.5 Å². The maximum absolute atomic E-state index is 15.1. The van der Waals surface area contributed by atoms with Crippen molar-refractivity contribution in [1.82, 2.24) is 20.1 Å². The van der Waals surface area contributed by atoms with E-state index in [4.69, 9.17) is 28.4 Å². The number of fused-ring (bicyclic) bond motifs is 8. The molecule has 2 fully saturated rings. The van der Waals surface area contributed by atoms with Gasteiger partial charge in [0.2, 0.25) is 6.79 Å². The third-order valence-electron chi connectivity index (χ3n) is 13.1. The fourth-order valence-electron chi connectivity index (χ4n) is 11.0. The maximum atomic E-state index is 15.1. The highest BCUT2D eigenvalue weighted by atomic mass is 32.2. The van der Waals surface area contributed by atoms with Gasteiger partial charge >= 0.3 is 11.9 Å². The van der Waals surface area contributed by atoms with E-state index in [0.717, 1.165) is 27.6 Å². The first-order chi connectivity index (χ1) is 27.8. The smallest absolute Gasteiger partial charge is 0.333 e. The summed E-state index contributed by atoms with van der Waals surface area (Å²) in [7, 11) is 5.07. The van der Waals surface area contributed by atoms with Crippen LogP contribution in [0.3, 0.4) is 0 Å². The summed E-state index contributed by atoms with van der Waals surface area (Å²) in [5, 5.41) is 39.8. The van der Waals surface area contributed by atoms with Gasteiger partial charge in [-0.3, -0.25) is 19.9 Å². The predicted octanol–water partition coefficient (Wildman–Crippen LogP) is 3.55. The Morgan fingerprint density at radius 3 is 2.60 bits per heavy atom. The molecule has 58 heavy (non-hydrogen) atoms. The van der Waals surface area contributed by atoms with Crippen LogP contribution in [0.1, 0.15) is 68.9 Å². The molecule has 5 N–H and O–H groups in total.